The number of nitrogens with zero attached hydrogens (tertiary/aromatic N) is 2. The van der Waals surface area contributed by atoms with Crippen LogP contribution in [0.15, 0.2) is 12.3 Å². The van der Waals surface area contributed by atoms with Crippen LogP contribution in [-0.2, 0) is 5.41 Å². The molecule has 0 aromatic carbocycles. The van der Waals surface area contributed by atoms with Crippen molar-refractivity contribution < 1.29 is 0 Å². The number of aromatic nitrogens is 1. The highest BCUT2D eigenvalue weighted by atomic mass is 14.7. The van der Waals surface area contributed by atoms with E-state index in [1.54, 1.807) is 19.9 Å². The van der Waals surface area contributed by atoms with Gasteiger partial charge in [0, 0.05) is 6.20 Å². The van der Waals surface area contributed by atoms with Crippen LogP contribution in [0.4, 0.5) is 0 Å². The molecule has 0 N–H and O–H groups in total. The maximum atomic E-state index is 8.86. The molecule has 0 saturated carbocycles. The molecule has 0 atom stereocenters. The highest BCUT2D eigenvalue weighted by Gasteiger charge is 2.22. The summed E-state index contributed by atoms with van der Waals surface area (Å²) in [6, 6.07) is 3.75. The number of rotatable bonds is 1. The summed E-state index contributed by atoms with van der Waals surface area (Å²) in [6.45, 7) is 3.53. The lowest BCUT2D eigenvalue weighted by atomic mass is 9.79. The topological polar surface area (TPSA) is 36.7 Å². The Kier molecular flexibility index (Phi) is 2.47. The molecule has 13 heavy (non-hydrogen) atoms. The predicted octanol–water partition coefficient (Wildman–Crippen LogP) is -0.530. The van der Waals surface area contributed by atoms with Gasteiger partial charge in [-0.05, 0) is 13.8 Å². The third-order valence-corrected chi connectivity index (χ3v) is 1.81. The molecule has 0 fully saturated rings. The van der Waals surface area contributed by atoms with Crippen LogP contribution < -0.4 is 10.9 Å². The van der Waals surface area contributed by atoms with Gasteiger partial charge in [-0.25, -0.2) is 0 Å². The first kappa shape index (κ1) is 9.85. The summed E-state index contributed by atoms with van der Waals surface area (Å²) in [6.07, 6.45) is 1.50. The molecule has 4 heteroatoms. The fourth-order valence-corrected chi connectivity index (χ4v) is 1.07. The van der Waals surface area contributed by atoms with Gasteiger partial charge >= 0.3 is 0 Å². The molecule has 1 heterocycles. The summed E-state index contributed by atoms with van der Waals surface area (Å²) < 4.78 is 0. The molecule has 0 aliphatic heterocycles. The Morgan fingerprint density at radius 3 is 2.54 bits per heavy atom. The summed E-state index contributed by atoms with van der Waals surface area (Å²) >= 11 is 0. The van der Waals surface area contributed by atoms with E-state index in [0.717, 1.165) is 0 Å². The first-order chi connectivity index (χ1) is 5.97. The summed E-state index contributed by atoms with van der Waals surface area (Å²) in [5.41, 5.74) is 0.878. The zero-order valence-corrected chi connectivity index (χ0v) is 7.70. The highest BCUT2D eigenvalue weighted by molar-refractivity contribution is 6.38. The van der Waals surface area contributed by atoms with Crippen LogP contribution in [0.1, 0.15) is 19.5 Å². The molecular formula is C9H8B2N2. The SMILES string of the molecule is [B]c1cnc(C(C)(C)C#N)c([B])c1. The fraction of sp³-hybridized carbons (Fsp3) is 0.333. The van der Waals surface area contributed by atoms with Crippen molar-refractivity contribution in [3.05, 3.63) is 18.0 Å². The van der Waals surface area contributed by atoms with Crippen LogP contribution in [-0.4, -0.2) is 20.7 Å². The molecule has 0 bridgehead atoms. The van der Waals surface area contributed by atoms with E-state index in [1.165, 1.54) is 6.20 Å². The second-order valence-corrected chi connectivity index (χ2v) is 3.44. The third kappa shape index (κ3) is 1.92. The van der Waals surface area contributed by atoms with Crippen molar-refractivity contribution in [2.24, 2.45) is 0 Å². The van der Waals surface area contributed by atoms with Crippen molar-refractivity contribution in [2.45, 2.75) is 19.3 Å². The molecule has 2 nitrogen and oxygen atoms in total. The van der Waals surface area contributed by atoms with E-state index in [0.29, 0.717) is 16.6 Å². The molecule has 0 saturated heterocycles. The molecule has 60 valence electrons. The number of pyridine rings is 1. The third-order valence-electron chi connectivity index (χ3n) is 1.81. The van der Waals surface area contributed by atoms with Crippen LogP contribution in [0.2, 0.25) is 0 Å². The van der Waals surface area contributed by atoms with Crippen LogP contribution >= 0.6 is 0 Å². The van der Waals surface area contributed by atoms with Gasteiger partial charge < -0.3 is 0 Å². The molecule has 0 aliphatic rings. The van der Waals surface area contributed by atoms with Crippen LogP contribution in [0.3, 0.4) is 0 Å². The van der Waals surface area contributed by atoms with Crippen molar-refractivity contribution in [1.82, 2.24) is 4.98 Å². The van der Waals surface area contributed by atoms with E-state index in [1.807, 2.05) is 0 Å². The van der Waals surface area contributed by atoms with Crippen molar-refractivity contribution in [1.29, 1.82) is 5.26 Å². The minimum absolute atomic E-state index is 0.464. The monoisotopic (exact) mass is 166 g/mol. The smallest absolute Gasteiger partial charge is 0.116 e. The Morgan fingerprint density at radius 1 is 1.46 bits per heavy atom. The standard InChI is InChI=1S/C9H8B2N2/c1-9(2,5-12)8-7(11)3-6(10)4-13-8/h3-4H,1-2H3. The van der Waals surface area contributed by atoms with Gasteiger partial charge in [0.15, 0.2) is 0 Å². The van der Waals surface area contributed by atoms with Gasteiger partial charge in [-0.2, -0.15) is 5.26 Å². The lowest BCUT2D eigenvalue weighted by Crippen LogP contribution is -2.29. The Labute approximate surface area is 80.8 Å². The zero-order chi connectivity index (χ0) is 10.1. The van der Waals surface area contributed by atoms with Gasteiger partial charge in [-0.1, -0.05) is 17.0 Å². The predicted molar refractivity (Wildman–Crippen MR) is 53.7 cm³/mol. The van der Waals surface area contributed by atoms with E-state index in [-0.39, 0.29) is 0 Å². The number of hydrogen-bond acceptors (Lipinski definition) is 2. The Bertz CT molecular complexity index is 366. The minimum Gasteiger partial charge on any atom is -0.261 e. The molecule has 1 aromatic rings. The summed E-state index contributed by atoms with van der Waals surface area (Å²) in [5.74, 6) is 0. The van der Waals surface area contributed by atoms with E-state index in [4.69, 9.17) is 21.0 Å². The molecule has 0 spiro atoms. The average Bonchev–Trinajstić information content (AvgIpc) is 2.03. The van der Waals surface area contributed by atoms with Crippen LogP contribution in [0.5, 0.6) is 0 Å². The number of hydrogen-bond donors (Lipinski definition) is 0. The van der Waals surface area contributed by atoms with E-state index in [9.17, 15) is 0 Å². The van der Waals surface area contributed by atoms with Gasteiger partial charge in [-0.15, -0.1) is 0 Å². The lowest BCUT2D eigenvalue weighted by molar-refractivity contribution is 0.665. The van der Waals surface area contributed by atoms with Gasteiger partial charge in [0.05, 0.1) is 17.2 Å². The Balaban J connectivity index is 3.26. The summed E-state index contributed by atoms with van der Waals surface area (Å²) in [5, 5.41) is 8.86. The quantitative estimate of drug-likeness (QED) is 0.525. The molecule has 1 aromatic heterocycles. The second-order valence-electron chi connectivity index (χ2n) is 3.44. The maximum Gasteiger partial charge on any atom is 0.116 e. The fourth-order valence-electron chi connectivity index (χ4n) is 1.07. The van der Waals surface area contributed by atoms with Gasteiger partial charge in [0.2, 0.25) is 0 Å². The normalized spacial score (nSPS) is 10.8. The van der Waals surface area contributed by atoms with Crippen molar-refractivity contribution >= 4 is 26.6 Å². The minimum atomic E-state index is -0.669. The highest BCUT2D eigenvalue weighted by Crippen LogP contribution is 2.16. The van der Waals surface area contributed by atoms with Crippen molar-refractivity contribution in [2.75, 3.05) is 0 Å². The van der Waals surface area contributed by atoms with Gasteiger partial charge in [0.1, 0.15) is 15.7 Å². The van der Waals surface area contributed by atoms with E-state index >= 15 is 0 Å². The molecule has 0 unspecified atom stereocenters. The lowest BCUT2D eigenvalue weighted by Gasteiger charge is -2.17. The molecule has 0 aliphatic carbocycles. The molecule has 0 amide bonds. The van der Waals surface area contributed by atoms with E-state index < -0.39 is 5.41 Å². The Hall–Kier alpha value is -1.23. The number of nitriles is 1. The van der Waals surface area contributed by atoms with Crippen LogP contribution in [0, 0.1) is 11.3 Å². The maximum absolute atomic E-state index is 8.86. The van der Waals surface area contributed by atoms with E-state index in [2.05, 4.69) is 11.1 Å². The van der Waals surface area contributed by atoms with Crippen LogP contribution in [0.25, 0.3) is 0 Å². The van der Waals surface area contributed by atoms with Gasteiger partial charge in [-0.3, -0.25) is 4.98 Å². The summed E-state index contributed by atoms with van der Waals surface area (Å²) in [4.78, 5) is 4.05. The summed E-state index contributed by atoms with van der Waals surface area (Å²) in [7, 11) is 11.2. The average molecular weight is 166 g/mol. The molecule has 4 radical (unpaired) electrons. The molecule has 1 rings (SSSR count). The van der Waals surface area contributed by atoms with Crippen molar-refractivity contribution in [3.63, 3.8) is 0 Å². The Morgan fingerprint density at radius 2 is 2.08 bits per heavy atom. The van der Waals surface area contributed by atoms with Crippen molar-refractivity contribution in [3.8, 4) is 6.07 Å². The zero-order valence-electron chi connectivity index (χ0n) is 7.70. The second kappa shape index (κ2) is 3.26. The first-order valence-corrected chi connectivity index (χ1v) is 3.90. The largest absolute Gasteiger partial charge is 0.261 e. The van der Waals surface area contributed by atoms with Gasteiger partial charge in [0.25, 0.3) is 0 Å². The first-order valence-electron chi connectivity index (χ1n) is 3.90. The molecular weight excluding hydrogens is 158 g/mol.